The molecule has 0 aromatic heterocycles. The molecule has 1 aliphatic carbocycles. The summed E-state index contributed by atoms with van der Waals surface area (Å²) in [6.07, 6.45) is 4.62. The van der Waals surface area contributed by atoms with Gasteiger partial charge < -0.3 is 9.84 Å². The lowest BCUT2D eigenvalue weighted by atomic mass is 9.57. The molecule has 1 N–H and O–H groups in total. The largest absolute Gasteiger partial charge is 0.488 e. The number of ether oxygens (including phenoxy) is 1. The fraction of sp³-hybridized carbons (Fsp3) is 0.300. The Morgan fingerprint density at radius 1 is 0.674 bits per heavy atom. The van der Waals surface area contributed by atoms with Crippen LogP contribution >= 0.6 is 11.8 Å². The number of fused-ring (bicyclic) bond motifs is 1. The van der Waals surface area contributed by atoms with Crippen molar-refractivity contribution >= 4 is 22.5 Å². The van der Waals surface area contributed by atoms with Crippen molar-refractivity contribution in [1.29, 1.82) is 0 Å². The third-order valence-electron chi connectivity index (χ3n) is 8.80. The van der Waals surface area contributed by atoms with Gasteiger partial charge >= 0.3 is 0 Å². The SMILES string of the molecule is CSc1cc2c(-c3ccccc3)c(C3(O)CC(C)(C)CC(C)(C)C3)cc(OCc3ccccc3)c2cc1-c1ccccc1. The van der Waals surface area contributed by atoms with Crippen molar-refractivity contribution in [2.45, 2.75) is 64.1 Å². The molecule has 0 atom stereocenters. The van der Waals surface area contributed by atoms with Crippen LogP contribution in [0.15, 0.2) is 114 Å². The van der Waals surface area contributed by atoms with E-state index in [-0.39, 0.29) is 10.8 Å². The third kappa shape index (κ3) is 6.12. The van der Waals surface area contributed by atoms with E-state index in [1.807, 2.05) is 18.2 Å². The molecule has 0 spiro atoms. The monoisotopic (exact) mass is 586 g/mol. The Labute approximate surface area is 261 Å². The highest BCUT2D eigenvalue weighted by atomic mass is 32.2. The minimum absolute atomic E-state index is 0.00787. The van der Waals surface area contributed by atoms with Crippen LogP contribution in [0.2, 0.25) is 0 Å². The first-order valence-electron chi connectivity index (χ1n) is 15.3. The molecule has 2 nitrogen and oxygen atoms in total. The van der Waals surface area contributed by atoms with Crippen LogP contribution in [0.25, 0.3) is 33.0 Å². The molecule has 220 valence electrons. The predicted octanol–water partition coefficient (Wildman–Crippen LogP) is 10.9. The highest BCUT2D eigenvalue weighted by Crippen LogP contribution is 2.57. The van der Waals surface area contributed by atoms with Crippen LogP contribution in [0.3, 0.4) is 0 Å². The average Bonchev–Trinajstić information content (AvgIpc) is 2.98. The fourth-order valence-corrected chi connectivity index (χ4v) is 8.46. The molecule has 5 aromatic rings. The van der Waals surface area contributed by atoms with Crippen molar-refractivity contribution in [2.24, 2.45) is 10.8 Å². The van der Waals surface area contributed by atoms with Gasteiger partial charge in [0.1, 0.15) is 12.4 Å². The summed E-state index contributed by atoms with van der Waals surface area (Å²) in [7, 11) is 0. The van der Waals surface area contributed by atoms with Gasteiger partial charge in [-0.1, -0.05) is 119 Å². The highest BCUT2D eigenvalue weighted by molar-refractivity contribution is 7.98. The number of hydrogen-bond acceptors (Lipinski definition) is 3. The molecule has 1 aliphatic rings. The van der Waals surface area contributed by atoms with Gasteiger partial charge in [-0.15, -0.1) is 11.8 Å². The number of thioether (sulfide) groups is 1. The quantitative estimate of drug-likeness (QED) is 0.192. The molecule has 3 heteroatoms. The van der Waals surface area contributed by atoms with Gasteiger partial charge in [-0.05, 0) is 93.3 Å². The lowest BCUT2D eigenvalue weighted by Crippen LogP contribution is -2.44. The van der Waals surface area contributed by atoms with Gasteiger partial charge in [-0.2, -0.15) is 0 Å². The molecule has 1 saturated carbocycles. The van der Waals surface area contributed by atoms with Crippen molar-refractivity contribution < 1.29 is 9.84 Å². The predicted molar refractivity (Wildman–Crippen MR) is 183 cm³/mol. The summed E-state index contributed by atoms with van der Waals surface area (Å²) in [5.41, 5.74) is 5.66. The van der Waals surface area contributed by atoms with Crippen molar-refractivity contribution in [3.63, 3.8) is 0 Å². The van der Waals surface area contributed by atoms with E-state index < -0.39 is 5.60 Å². The summed E-state index contributed by atoms with van der Waals surface area (Å²) in [6, 6.07) is 38.3. The first-order valence-corrected chi connectivity index (χ1v) is 16.5. The van der Waals surface area contributed by atoms with Crippen molar-refractivity contribution in [3.8, 4) is 28.0 Å². The van der Waals surface area contributed by atoms with Crippen LogP contribution in [-0.4, -0.2) is 11.4 Å². The van der Waals surface area contributed by atoms with E-state index in [0.29, 0.717) is 19.4 Å². The summed E-state index contributed by atoms with van der Waals surface area (Å²) >= 11 is 1.76. The molecule has 0 amide bonds. The molecule has 0 bridgehead atoms. The van der Waals surface area contributed by atoms with Crippen LogP contribution < -0.4 is 4.74 Å². The van der Waals surface area contributed by atoms with Crippen molar-refractivity contribution in [2.75, 3.05) is 6.26 Å². The second kappa shape index (κ2) is 11.5. The lowest BCUT2D eigenvalue weighted by Gasteiger charge is -2.50. The Morgan fingerprint density at radius 3 is 1.81 bits per heavy atom. The van der Waals surface area contributed by atoms with Gasteiger partial charge in [0.15, 0.2) is 0 Å². The van der Waals surface area contributed by atoms with Crippen LogP contribution in [-0.2, 0) is 12.2 Å². The summed E-state index contributed by atoms with van der Waals surface area (Å²) in [4.78, 5) is 1.21. The summed E-state index contributed by atoms with van der Waals surface area (Å²) in [5.74, 6) is 0.813. The number of benzene rings is 5. The fourth-order valence-electron chi connectivity index (χ4n) is 7.82. The van der Waals surface area contributed by atoms with Crippen LogP contribution in [0.1, 0.15) is 58.1 Å². The van der Waals surface area contributed by atoms with E-state index in [1.54, 1.807) is 11.8 Å². The zero-order valence-electron chi connectivity index (χ0n) is 26.0. The second-order valence-electron chi connectivity index (χ2n) is 13.8. The maximum Gasteiger partial charge on any atom is 0.128 e. The number of hydrogen-bond donors (Lipinski definition) is 1. The Hall–Kier alpha value is -3.53. The van der Waals surface area contributed by atoms with E-state index in [9.17, 15) is 5.11 Å². The molecule has 43 heavy (non-hydrogen) atoms. The molecule has 0 aliphatic heterocycles. The summed E-state index contributed by atoms with van der Waals surface area (Å²) < 4.78 is 6.72. The van der Waals surface area contributed by atoms with Gasteiger partial charge in [0, 0.05) is 10.3 Å². The first kappa shape index (κ1) is 29.5. The number of rotatable bonds is 7. The van der Waals surface area contributed by atoms with Crippen molar-refractivity contribution in [3.05, 3.63) is 120 Å². The van der Waals surface area contributed by atoms with E-state index in [2.05, 4.69) is 125 Å². The molecule has 0 radical (unpaired) electrons. The minimum Gasteiger partial charge on any atom is -0.488 e. The summed E-state index contributed by atoms with van der Waals surface area (Å²) in [5, 5.41) is 15.0. The molecule has 0 saturated heterocycles. The molecule has 0 unspecified atom stereocenters. The van der Waals surface area contributed by atoms with Gasteiger partial charge in [0.05, 0.1) is 5.60 Å². The Kier molecular flexibility index (Phi) is 7.91. The molecule has 1 fully saturated rings. The first-order chi connectivity index (χ1) is 20.6. The maximum atomic E-state index is 12.8. The zero-order valence-corrected chi connectivity index (χ0v) is 26.8. The van der Waals surface area contributed by atoms with E-state index in [1.165, 1.54) is 16.0 Å². The molecular formula is C40H42O2S. The standard InChI is InChI=1S/C40H42O2S/c1-38(2)25-39(3,4)27-40(41,26-38)34-23-35(42-24-28-15-9-6-10-16-28)32-21-31(29-17-11-7-12-18-29)36(43-5)22-33(32)37(34)30-19-13-8-14-20-30/h6-23,41H,24-27H2,1-5H3. The van der Waals surface area contributed by atoms with Gasteiger partial charge in [-0.3, -0.25) is 0 Å². The molecule has 6 rings (SSSR count). The lowest BCUT2D eigenvalue weighted by molar-refractivity contribution is -0.0909. The third-order valence-corrected chi connectivity index (χ3v) is 9.58. The second-order valence-corrected chi connectivity index (χ2v) is 14.6. The Bertz CT molecular complexity index is 1710. The van der Waals surface area contributed by atoms with E-state index >= 15 is 0 Å². The Morgan fingerprint density at radius 2 is 1.23 bits per heavy atom. The maximum absolute atomic E-state index is 12.8. The van der Waals surface area contributed by atoms with E-state index in [4.69, 9.17) is 4.74 Å². The zero-order chi connectivity index (χ0) is 30.2. The highest BCUT2D eigenvalue weighted by Gasteiger charge is 2.48. The molecule has 5 aromatic carbocycles. The summed E-state index contributed by atoms with van der Waals surface area (Å²) in [6.45, 7) is 9.65. The van der Waals surface area contributed by atoms with Crippen LogP contribution in [0.5, 0.6) is 5.75 Å². The average molecular weight is 587 g/mol. The van der Waals surface area contributed by atoms with Crippen LogP contribution in [0, 0.1) is 10.8 Å². The van der Waals surface area contributed by atoms with E-state index in [0.717, 1.165) is 45.2 Å². The topological polar surface area (TPSA) is 29.5 Å². The molecular weight excluding hydrogens is 545 g/mol. The van der Waals surface area contributed by atoms with Crippen molar-refractivity contribution in [1.82, 2.24) is 0 Å². The number of aliphatic hydroxyl groups is 1. The van der Waals surface area contributed by atoms with Gasteiger partial charge in [-0.25, -0.2) is 0 Å². The molecule has 0 heterocycles. The normalized spacial score (nSPS) is 17.1. The van der Waals surface area contributed by atoms with Crippen LogP contribution in [0.4, 0.5) is 0 Å². The smallest absolute Gasteiger partial charge is 0.128 e. The van der Waals surface area contributed by atoms with Gasteiger partial charge in [0.25, 0.3) is 0 Å². The van der Waals surface area contributed by atoms with Gasteiger partial charge in [0.2, 0.25) is 0 Å². The Balaban J connectivity index is 1.67. The minimum atomic E-state index is -1.01.